The van der Waals surface area contributed by atoms with Gasteiger partial charge in [0.1, 0.15) is 9.86 Å². The van der Waals surface area contributed by atoms with E-state index in [1.807, 2.05) is 6.07 Å². The first-order valence-electron chi connectivity index (χ1n) is 10.1. The predicted octanol–water partition coefficient (Wildman–Crippen LogP) is 3.78. The predicted molar refractivity (Wildman–Crippen MR) is 120 cm³/mol. The van der Waals surface area contributed by atoms with Crippen molar-refractivity contribution in [2.45, 2.75) is 56.3 Å². The highest BCUT2D eigenvalue weighted by atomic mass is 32.2. The Bertz CT molecular complexity index is 1390. The number of thiophene rings is 1. The van der Waals surface area contributed by atoms with Gasteiger partial charge in [-0.05, 0) is 61.1 Å². The summed E-state index contributed by atoms with van der Waals surface area (Å²) in [6.07, 6.45) is 5.66. The van der Waals surface area contributed by atoms with Gasteiger partial charge in [-0.25, -0.2) is 15.0 Å². The topological polar surface area (TPSA) is 93.5 Å². The van der Waals surface area contributed by atoms with Crippen molar-refractivity contribution in [1.82, 2.24) is 24.5 Å². The van der Waals surface area contributed by atoms with Crippen molar-refractivity contribution >= 4 is 44.3 Å². The van der Waals surface area contributed by atoms with Crippen LogP contribution < -0.4 is 11.1 Å². The van der Waals surface area contributed by atoms with Gasteiger partial charge in [0.2, 0.25) is 0 Å². The molecule has 7 nitrogen and oxygen atoms in total. The van der Waals surface area contributed by atoms with Crippen molar-refractivity contribution in [3.8, 4) is 0 Å². The van der Waals surface area contributed by atoms with Crippen LogP contribution >= 0.6 is 23.1 Å². The Morgan fingerprint density at radius 1 is 1.20 bits per heavy atom. The van der Waals surface area contributed by atoms with E-state index in [1.54, 1.807) is 22.0 Å². The maximum Gasteiger partial charge on any atom is 0.277 e. The summed E-state index contributed by atoms with van der Waals surface area (Å²) < 4.78 is 1.78. The molecular weight excluding hydrogens is 418 g/mol. The first-order valence-corrected chi connectivity index (χ1v) is 11.7. The molecule has 0 radical (unpaired) electrons. The van der Waals surface area contributed by atoms with E-state index in [-0.39, 0.29) is 16.6 Å². The Labute approximate surface area is 180 Å². The van der Waals surface area contributed by atoms with Crippen molar-refractivity contribution in [2.24, 2.45) is 5.92 Å². The highest BCUT2D eigenvalue weighted by molar-refractivity contribution is 7.99. The van der Waals surface area contributed by atoms with E-state index < -0.39 is 0 Å². The number of nitrogens with zero attached hydrogens (tertiary/aromatic N) is 4. The monoisotopic (exact) mass is 439 g/mol. The van der Waals surface area contributed by atoms with Gasteiger partial charge in [0, 0.05) is 11.4 Å². The second-order valence-corrected chi connectivity index (χ2v) is 10.0. The van der Waals surface area contributed by atoms with Crippen LogP contribution in [0.5, 0.6) is 0 Å². The van der Waals surface area contributed by atoms with Gasteiger partial charge in [0.15, 0.2) is 10.7 Å². The average molecular weight is 440 g/mol. The molecule has 0 spiro atoms. The lowest BCUT2D eigenvalue weighted by atomic mass is 9.97. The van der Waals surface area contributed by atoms with E-state index in [1.165, 1.54) is 35.0 Å². The maximum atomic E-state index is 13.5. The van der Waals surface area contributed by atoms with Crippen LogP contribution in [0.3, 0.4) is 0 Å². The second kappa shape index (κ2) is 7.63. The fourth-order valence-corrected chi connectivity index (χ4v) is 6.08. The quantitative estimate of drug-likeness (QED) is 0.487. The van der Waals surface area contributed by atoms with Crippen LogP contribution in [0.4, 0.5) is 0 Å². The van der Waals surface area contributed by atoms with E-state index >= 15 is 0 Å². The molecular formula is C21H21N5O2S2. The highest BCUT2D eigenvalue weighted by Crippen LogP contribution is 2.35. The summed E-state index contributed by atoms with van der Waals surface area (Å²) in [5.74, 6) is 0.298. The van der Waals surface area contributed by atoms with Crippen molar-refractivity contribution < 1.29 is 0 Å². The number of rotatable bonds is 4. The molecule has 1 N–H and O–H groups in total. The largest absolute Gasteiger partial charge is 0.311 e. The van der Waals surface area contributed by atoms with Crippen molar-refractivity contribution in [2.75, 3.05) is 0 Å². The molecule has 9 heteroatoms. The van der Waals surface area contributed by atoms with E-state index in [0.717, 1.165) is 29.5 Å². The number of fused-ring (bicyclic) bond motifs is 4. The zero-order valence-electron chi connectivity index (χ0n) is 16.8. The van der Waals surface area contributed by atoms with Gasteiger partial charge in [-0.15, -0.1) is 11.3 Å². The van der Waals surface area contributed by atoms with E-state index in [2.05, 4.69) is 28.8 Å². The van der Waals surface area contributed by atoms with Gasteiger partial charge in [0.05, 0.1) is 17.2 Å². The van der Waals surface area contributed by atoms with E-state index in [9.17, 15) is 9.59 Å². The van der Waals surface area contributed by atoms with E-state index in [4.69, 9.17) is 4.98 Å². The number of aromatic amines is 1. The molecule has 0 saturated carbocycles. The molecule has 4 aromatic heterocycles. The Kier molecular flexibility index (Phi) is 4.94. The lowest BCUT2D eigenvalue weighted by Gasteiger charge is -2.15. The fourth-order valence-electron chi connectivity index (χ4n) is 3.91. The van der Waals surface area contributed by atoms with Crippen molar-refractivity contribution in [3.05, 3.63) is 49.6 Å². The molecule has 0 fully saturated rings. The van der Waals surface area contributed by atoms with Crippen LogP contribution in [0.15, 0.2) is 38.2 Å². The first kappa shape index (κ1) is 19.4. The van der Waals surface area contributed by atoms with Gasteiger partial charge in [-0.1, -0.05) is 13.8 Å². The Morgan fingerprint density at radius 3 is 2.87 bits per heavy atom. The number of nitrogens with one attached hydrogen (secondary N) is 1. The van der Waals surface area contributed by atoms with Gasteiger partial charge in [-0.2, -0.15) is 0 Å². The Hall–Kier alpha value is -2.52. The molecule has 0 aliphatic heterocycles. The van der Waals surface area contributed by atoms with Crippen LogP contribution in [0.25, 0.3) is 21.3 Å². The molecule has 0 aromatic carbocycles. The molecule has 0 saturated heterocycles. The molecule has 0 unspecified atom stereocenters. The number of hydrogen-bond acceptors (Lipinski definition) is 7. The second-order valence-electron chi connectivity index (χ2n) is 7.95. The van der Waals surface area contributed by atoms with Crippen LogP contribution in [-0.2, 0) is 19.4 Å². The SMILES string of the molecule is CC(C)Cn1c(Sc2ccc3nc[nH]c(=O)c3n2)nc2sc3c(c2c1=O)CCCC3. The molecule has 4 heterocycles. The summed E-state index contributed by atoms with van der Waals surface area (Å²) in [7, 11) is 0. The third-order valence-corrected chi connectivity index (χ3v) is 7.36. The lowest BCUT2D eigenvalue weighted by molar-refractivity contribution is 0.475. The normalized spacial score (nSPS) is 14.0. The standard InChI is InChI=1S/C21H21N5O2S2/c1-11(2)9-26-20(28)16-12-5-3-4-6-14(12)29-19(16)25-21(26)30-15-8-7-13-17(24-15)18(27)23-10-22-13/h7-8,10-11H,3-6,9H2,1-2H3,(H,22,23,27). The van der Waals surface area contributed by atoms with Crippen molar-refractivity contribution in [3.63, 3.8) is 0 Å². The zero-order valence-corrected chi connectivity index (χ0v) is 18.4. The van der Waals surface area contributed by atoms with E-state index in [0.29, 0.717) is 28.2 Å². The summed E-state index contributed by atoms with van der Waals surface area (Å²) in [5, 5.41) is 2.03. The number of pyridine rings is 1. The average Bonchev–Trinajstić information content (AvgIpc) is 3.09. The lowest BCUT2D eigenvalue weighted by Crippen LogP contribution is -2.25. The number of H-pyrrole nitrogens is 1. The molecule has 1 aliphatic rings. The fraction of sp³-hybridized carbons (Fsp3) is 0.381. The zero-order chi connectivity index (χ0) is 20.8. The minimum absolute atomic E-state index is 0.0379. The Balaban J connectivity index is 1.67. The van der Waals surface area contributed by atoms with Gasteiger partial charge >= 0.3 is 0 Å². The van der Waals surface area contributed by atoms with Crippen molar-refractivity contribution in [1.29, 1.82) is 0 Å². The number of aromatic nitrogens is 5. The number of aryl methyl sites for hydroxylation is 2. The molecule has 4 aromatic rings. The summed E-state index contributed by atoms with van der Waals surface area (Å²) in [6, 6.07) is 3.59. The number of hydrogen-bond donors (Lipinski definition) is 1. The maximum absolute atomic E-state index is 13.5. The van der Waals surface area contributed by atoms with Crippen LogP contribution in [0.1, 0.15) is 37.1 Å². The summed E-state index contributed by atoms with van der Waals surface area (Å²) in [4.78, 5) is 43.8. The van der Waals surface area contributed by atoms with Gasteiger partial charge in [0.25, 0.3) is 11.1 Å². The summed E-state index contributed by atoms with van der Waals surface area (Å²) >= 11 is 2.97. The third-order valence-electron chi connectivity index (χ3n) is 5.25. The molecule has 0 atom stereocenters. The first-order chi connectivity index (χ1) is 14.5. The van der Waals surface area contributed by atoms with Crippen LogP contribution in [0.2, 0.25) is 0 Å². The minimum Gasteiger partial charge on any atom is -0.311 e. The molecule has 154 valence electrons. The summed E-state index contributed by atoms with van der Waals surface area (Å²) in [5.41, 5.74) is 1.78. The van der Waals surface area contributed by atoms with Crippen LogP contribution in [-0.4, -0.2) is 24.5 Å². The smallest absolute Gasteiger partial charge is 0.277 e. The Morgan fingerprint density at radius 2 is 2.03 bits per heavy atom. The molecule has 5 rings (SSSR count). The highest BCUT2D eigenvalue weighted by Gasteiger charge is 2.23. The molecule has 30 heavy (non-hydrogen) atoms. The third kappa shape index (κ3) is 3.35. The molecule has 0 bridgehead atoms. The van der Waals surface area contributed by atoms with Crippen LogP contribution in [0, 0.1) is 5.92 Å². The molecule has 1 aliphatic carbocycles. The minimum atomic E-state index is -0.281. The summed E-state index contributed by atoms with van der Waals surface area (Å²) in [6.45, 7) is 4.77. The molecule has 0 amide bonds. The van der Waals surface area contributed by atoms with Gasteiger partial charge in [-0.3, -0.25) is 14.2 Å². The van der Waals surface area contributed by atoms with Gasteiger partial charge < -0.3 is 4.98 Å².